The maximum absolute atomic E-state index is 12.7. The number of likely N-dealkylation sites (N-methyl/N-ethyl adjacent to an activating group) is 1. The van der Waals surface area contributed by atoms with Crippen LogP contribution in [-0.2, 0) is 17.5 Å². The number of hydrogen-bond acceptors (Lipinski definition) is 4. The number of amides is 2. The summed E-state index contributed by atoms with van der Waals surface area (Å²) in [5.74, 6) is -0.0933. The van der Waals surface area contributed by atoms with Gasteiger partial charge < -0.3 is 24.4 Å². The van der Waals surface area contributed by atoms with Gasteiger partial charge in [0.2, 0.25) is 0 Å². The minimum atomic E-state index is -4.39. The minimum absolute atomic E-state index is 0.0964. The van der Waals surface area contributed by atoms with Crippen LogP contribution in [0.25, 0.3) is 0 Å². The second-order valence-corrected chi connectivity index (χ2v) is 8.65. The number of carbonyl (C=O) groups is 2. The van der Waals surface area contributed by atoms with Crippen LogP contribution in [-0.4, -0.2) is 58.7 Å². The Hall–Kier alpha value is -3.43. The fourth-order valence-corrected chi connectivity index (χ4v) is 3.53. The van der Waals surface area contributed by atoms with Crippen LogP contribution in [0.1, 0.15) is 31.4 Å². The van der Waals surface area contributed by atoms with Crippen LogP contribution >= 0.6 is 0 Å². The van der Waals surface area contributed by atoms with Gasteiger partial charge in [0.25, 0.3) is 0 Å². The van der Waals surface area contributed by atoms with E-state index in [1.165, 1.54) is 26.0 Å². The van der Waals surface area contributed by atoms with Crippen molar-refractivity contribution in [2.75, 3.05) is 20.2 Å². The van der Waals surface area contributed by atoms with E-state index in [9.17, 15) is 22.8 Å². The molecule has 10 heteroatoms. The Morgan fingerprint density at radius 1 is 1.06 bits per heavy atom. The standard InChI is InChI=1S/C24H27F3N2O5/c1-23(2,21(30)31)34-20-10-8-19(9-11-20)33-13-12-18-15-29(22(32)28(18)3)14-16-4-6-17(7-5-16)24(25,26)27/h4-11,18H,12-15H2,1-3H3,(H,30,31). The quantitative estimate of drug-likeness (QED) is 0.565. The molecular formula is C24H27F3N2O5. The highest BCUT2D eigenvalue weighted by molar-refractivity contribution is 5.77. The molecule has 2 aromatic carbocycles. The molecule has 184 valence electrons. The van der Waals surface area contributed by atoms with E-state index in [0.717, 1.165) is 12.1 Å². The molecule has 34 heavy (non-hydrogen) atoms. The first-order valence-electron chi connectivity index (χ1n) is 10.7. The van der Waals surface area contributed by atoms with Gasteiger partial charge in [-0.2, -0.15) is 13.2 Å². The van der Waals surface area contributed by atoms with Crippen molar-refractivity contribution >= 4 is 12.0 Å². The van der Waals surface area contributed by atoms with Crippen molar-refractivity contribution in [2.45, 2.75) is 44.6 Å². The monoisotopic (exact) mass is 480 g/mol. The SMILES string of the molecule is CN1C(=O)N(Cc2ccc(C(F)(F)F)cc2)CC1CCOc1ccc(OC(C)(C)C(=O)O)cc1. The summed E-state index contributed by atoms with van der Waals surface area (Å²) < 4.78 is 49.4. The highest BCUT2D eigenvalue weighted by atomic mass is 19.4. The molecule has 1 unspecified atom stereocenters. The molecule has 0 aliphatic carbocycles. The van der Waals surface area contributed by atoms with Crippen molar-refractivity contribution < 1.29 is 37.3 Å². The van der Waals surface area contributed by atoms with E-state index >= 15 is 0 Å². The van der Waals surface area contributed by atoms with E-state index in [0.29, 0.717) is 36.6 Å². The van der Waals surface area contributed by atoms with E-state index in [2.05, 4.69) is 0 Å². The van der Waals surface area contributed by atoms with E-state index < -0.39 is 23.3 Å². The normalized spacial score (nSPS) is 16.6. The lowest BCUT2D eigenvalue weighted by Gasteiger charge is -2.21. The van der Waals surface area contributed by atoms with Crippen molar-refractivity contribution in [3.63, 3.8) is 0 Å². The molecule has 1 heterocycles. The minimum Gasteiger partial charge on any atom is -0.494 e. The van der Waals surface area contributed by atoms with E-state index in [1.54, 1.807) is 41.1 Å². The predicted octanol–water partition coefficient (Wildman–Crippen LogP) is 4.65. The lowest BCUT2D eigenvalue weighted by molar-refractivity contribution is -0.152. The Balaban J connectivity index is 1.49. The lowest BCUT2D eigenvalue weighted by Crippen LogP contribution is -2.37. The second kappa shape index (κ2) is 9.82. The number of alkyl halides is 3. The van der Waals surface area contributed by atoms with Crippen LogP contribution in [0.15, 0.2) is 48.5 Å². The van der Waals surface area contributed by atoms with Crippen LogP contribution < -0.4 is 9.47 Å². The van der Waals surface area contributed by atoms with Crippen molar-refractivity contribution in [3.8, 4) is 11.5 Å². The Morgan fingerprint density at radius 3 is 2.21 bits per heavy atom. The second-order valence-electron chi connectivity index (χ2n) is 8.65. The first kappa shape index (κ1) is 25.2. The molecule has 0 spiro atoms. The predicted molar refractivity (Wildman–Crippen MR) is 118 cm³/mol. The molecule has 3 rings (SSSR count). The number of nitrogens with zero attached hydrogens (tertiary/aromatic N) is 2. The van der Waals surface area contributed by atoms with Crippen molar-refractivity contribution in [2.24, 2.45) is 0 Å². The number of carboxylic acids is 1. The maximum atomic E-state index is 12.7. The van der Waals surface area contributed by atoms with Gasteiger partial charge in [0, 0.05) is 26.6 Å². The summed E-state index contributed by atoms with van der Waals surface area (Å²) in [6, 6.07) is 11.1. The van der Waals surface area contributed by atoms with Crippen molar-refractivity contribution in [1.82, 2.24) is 9.80 Å². The van der Waals surface area contributed by atoms with E-state index in [4.69, 9.17) is 14.6 Å². The summed E-state index contributed by atoms with van der Waals surface area (Å²) in [4.78, 5) is 26.9. The smallest absolute Gasteiger partial charge is 0.416 e. The number of carbonyl (C=O) groups excluding carboxylic acids is 1. The van der Waals surface area contributed by atoms with Crippen molar-refractivity contribution in [1.29, 1.82) is 0 Å². The molecule has 0 saturated carbocycles. The number of ether oxygens (including phenoxy) is 2. The summed E-state index contributed by atoms with van der Waals surface area (Å²) in [7, 11) is 1.69. The molecule has 1 N–H and O–H groups in total. The Bertz CT molecular complexity index is 1010. The van der Waals surface area contributed by atoms with Crippen LogP contribution in [0.3, 0.4) is 0 Å². The highest BCUT2D eigenvalue weighted by Gasteiger charge is 2.35. The molecule has 7 nitrogen and oxygen atoms in total. The third kappa shape index (κ3) is 6.12. The number of rotatable bonds is 9. The number of urea groups is 1. The van der Waals surface area contributed by atoms with Gasteiger partial charge in [-0.15, -0.1) is 0 Å². The third-order valence-electron chi connectivity index (χ3n) is 5.64. The molecule has 0 radical (unpaired) electrons. The molecule has 2 amide bonds. The van der Waals surface area contributed by atoms with Gasteiger partial charge in [0.15, 0.2) is 5.60 Å². The summed E-state index contributed by atoms with van der Waals surface area (Å²) in [5.41, 5.74) is -1.45. The molecule has 1 atom stereocenters. The maximum Gasteiger partial charge on any atom is 0.416 e. The Labute approximate surface area is 195 Å². The topological polar surface area (TPSA) is 79.3 Å². The molecule has 0 aromatic heterocycles. The lowest BCUT2D eigenvalue weighted by atomic mass is 10.1. The molecular weight excluding hydrogens is 453 g/mol. The van der Waals surface area contributed by atoms with Gasteiger partial charge in [-0.3, -0.25) is 0 Å². The largest absolute Gasteiger partial charge is 0.494 e. The van der Waals surface area contributed by atoms with Gasteiger partial charge in [-0.25, -0.2) is 9.59 Å². The van der Waals surface area contributed by atoms with E-state index in [-0.39, 0.29) is 18.6 Å². The first-order valence-corrected chi connectivity index (χ1v) is 10.7. The highest BCUT2D eigenvalue weighted by Crippen LogP contribution is 2.29. The zero-order valence-electron chi connectivity index (χ0n) is 19.1. The fourth-order valence-electron chi connectivity index (χ4n) is 3.53. The summed E-state index contributed by atoms with van der Waals surface area (Å²) in [5, 5.41) is 9.14. The molecule has 1 aliphatic heterocycles. The zero-order chi connectivity index (χ0) is 25.1. The molecule has 1 aliphatic rings. The fraction of sp³-hybridized carbons (Fsp3) is 0.417. The van der Waals surface area contributed by atoms with Crippen LogP contribution in [0.5, 0.6) is 11.5 Å². The zero-order valence-corrected chi connectivity index (χ0v) is 19.1. The number of benzene rings is 2. The third-order valence-corrected chi connectivity index (χ3v) is 5.64. The summed E-state index contributed by atoms with van der Waals surface area (Å²) >= 11 is 0. The molecule has 1 fully saturated rings. The summed E-state index contributed by atoms with van der Waals surface area (Å²) in [6.45, 7) is 3.93. The number of aliphatic carboxylic acids is 1. The average molecular weight is 480 g/mol. The van der Waals surface area contributed by atoms with E-state index in [1.807, 2.05) is 0 Å². The van der Waals surface area contributed by atoms with Crippen LogP contribution in [0.2, 0.25) is 0 Å². The van der Waals surface area contributed by atoms with Crippen molar-refractivity contribution in [3.05, 3.63) is 59.7 Å². The van der Waals surface area contributed by atoms with Gasteiger partial charge >= 0.3 is 18.2 Å². The van der Waals surface area contributed by atoms with Gasteiger partial charge in [-0.1, -0.05) is 12.1 Å². The number of carboxylic acid groups (broad SMARTS) is 1. The Kier molecular flexibility index (Phi) is 7.28. The number of halogens is 3. The van der Waals surface area contributed by atoms with Gasteiger partial charge in [0.1, 0.15) is 11.5 Å². The van der Waals surface area contributed by atoms with Gasteiger partial charge in [-0.05, 0) is 55.8 Å². The van der Waals surface area contributed by atoms with Crippen LogP contribution in [0, 0.1) is 0 Å². The average Bonchev–Trinajstić information content (AvgIpc) is 3.02. The first-order chi connectivity index (χ1) is 15.9. The Morgan fingerprint density at radius 2 is 1.65 bits per heavy atom. The molecule has 1 saturated heterocycles. The van der Waals surface area contributed by atoms with Gasteiger partial charge in [0.05, 0.1) is 18.2 Å². The molecule has 0 bridgehead atoms. The number of hydrogen-bond donors (Lipinski definition) is 1. The summed E-state index contributed by atoms with van der Waals surface area (Å²) in [6.07, 6.45) is -3.83. The van der Waals surface area contributed by atoms with Crippen LogP contribution in [0.4, 0.5) is 18.0 Å². The molecule has 2 aromatic rings.